The highest BCUT2D eigenvalue weighted by atomic mass is 19.1. The van der Waals surface area contributed by atoms with Gasteiger partial charge in [-0.15, -0.1) is 0 Å². The lowest BCUT2D eigenvalue weighted by Gasteiger charge is -2.22. The Bertz CT molecular complexity index is 955. The molecular formula is C20H18FN3O3. The molecule has 4 rings (SSSR count). The van der Waals surface area contributed by atoms with Gasteiger partial charge in [-0.05, 0) is 49.2 Å². The molecule has 138 valence electrons. The van der Waals surface area contributed by atoms with Crippen molar-refractivity contribution < 1.29 is 18.4 Å². The number of hydrogen-bond donors (Lipinski definition) is 0. The molecule has 0 N–H and O–H groups in total. The molecule has 1 aliphatic rings. The Balaban J connectivity index is 1.60. The van der Waals surface area contributed by atoms with Gasteiger partial charge in [-0.3, -0.25) is 4.79 Å². The summed E-state index contributed by atoms with van der Waals surface area (Å²) < 4.78 is 23.8. The number of carbonyl (C=O) groups is 1. The molecule has 27 heavy (non-hydrogen) atoms. The molecule has 7 heteroatoms. The van der Waals surface area contributed by atoms with Crippen molar-refractivity contribution in [3.63, 3.8) is 0 Å². The molecule has 2 aromatic carbocycles. The maximum Gasteiger partial charge on any atom is 0.258 e. The molecule has 0 bridgehead atoms. The van der Waals surface area contributed by atoms with Gasteiger partial charge in [-0.2, -0.15) is 4.98 Å². The minimum absolute atomic E-state index is 0.128. The number of carbonyl (C=O) groups excluding carboxylic acids is 1. The van der Waals surface area contributed by atoms with Crippen LogP contribution in [0.3, 0.4) is 0 Å². The van der Waals surface area contributed by atoms with E-state index in [0.717, 1.165) is 12.8 Å². The lowest BCUT2D eigenvalue weighted by atomic mass is 10.1. The van der Waals surface area contributed by atoms with Gasteiger partial charge >= 0.3 is 0 Å². The van der Waals surface area contributed by atoms with E-state index >= 15 is 0 Å². The molecule has 0 unspecified atom stereocenters. The zero-order valence-electron chi connectivity index (χ0n) is 14.8. The highest BCUT2D eigenvalue weighted by molar-refractivity contribution is 5.97. The van der Waals surface area contributed by atoms with Gasteiger partial charge in [-0.1, -0.05) is 17.3 Å². The zero-order valence-corrected chi connectivity index (χ0v) is 14.8. The van der Waals surface area contributed by atoms with Gasteiger partial charge in [-0.25, -0.2) is 4.39 Å². The van der Waals surface area contributed by atoms with Crippen molar-refractivity contribution in [1.82, 2.24) is 15.0 Å². The van der Waals surface area contributed by atoms with Gasteiger partial charge < -0.3 is 14.2 Å². The Hall–Kier alpha value is -3.22. The van der Waals surface area contributed by atoms with E-state index in [1.165, 1.54) is 12.1 Å². The van der Waals surface area contributed by atoms with Crippen LogP contribution in [0.5, 0.6) is 5.75 Å². The number of ether oxygens (including phenoxy) is 1. The van der Waals surface area contributed by atoms with E-state index in [9.17, 15) is 9.18 Å². The Morgan fingerprint density at radius 2 is 2.00 bits per heavy atom. The van der Waals surface area contributed by atoms with Crippen LogP contribution in [-0.4, -0.2) is 34.6 Å². The number of benzene rings is 2. The van der Waals surface area contributed by atoms with E-state index in [-0.39, 0.29) is 17.8 Å². The van der Waals surface area contributed by atoms with E-state index in [1.807, 2.05) is 6.07 Å². The highest BCUT2D eigenvalue weighted by Crippen LogP contribution is 2.34. The minimum Gasteiger partial charge on any atom is -0.496 e. The molecule has 0 spiro atoms. The number of methoxy groups -OCH3 is 1. The molecule has 6 nitrogen and oxygen atoms in total. The third-order valence-corrected chi connectivity index (χ3v) is 4.68. The van der Waals surface area contributed by atoms with Crippen LogP contribution >= 0.6 is 0 Å². The van der Waals surface area contributed by atoms with Crippen LogP contribution in [0.15, 0.2) is 53.1 Å². The Morgan fingerprint density at radius 1 is 1.22 bits per heavy atom. The number of nitrogens with zero attached hydrogens (tertiary/aromatic N) is 3. The summed E-state index contributed by atoms with van der Waals surface area (Å²) >= 11 is 0. The van der Waals surface area contributed by atoms with Crippen LogP contribution in [-0.2, 0) is 0 Å². The number of rotatable bonds is 4. The molecule has 0 aliphatic carbocycles. The van der Waals surface area contributed by atoms with Gasteiger partial charge in [0.2, 0.25) is 11.7 Å². The van der Waals surface area contributed by atoms with E-state index < -0.39 is 0 Å². The van der Waals surface area contributed by atoms with Gasteiger partial charge in [0.25, 0.3) is 5.91 Å². The first-order valence-electron chi connectivity index (χ1n) is 8.71. The molecule has 1 amide bonds. The van der Waals surface area contributed by atoms with Crippen LogP contribution in [0.2, 0.25) is 0 Å². The molecule has 1 aliphatic heterocycles. The fourth-order valence-electron chi connectivity index (χ4n) is 3.33. The van der Waals surface area contributed by atoms with Crippen LogP contribution in [0.4, 0.5) is 4.39 Å². The maximum atomic E-state index is 13.1. The molecule has 1 atom stereocenters. The quantitative estimate of drug-likeness (QED) is 0.700. The van der Waals surface area contributed by atoms with Crippen molar-refractivity contribution in [3.8, 4) is 17.1 Å². The van der Waals surface area contributed by atoms with Crippen LogP contribution in [0, 0.1) is 5.82 Å². The second-order valence-corrected chi connectivity index (χ2v) is 6.32. The molecule has 0 saturated carbocycles. The third-order valence-electron chi connectivity index (χ3n) is 4.68. The molecule has 1 fully saturated rings. The summed E-state index contributed by atoms with van der Waals surface area (Å²) in [5, 5.41) is 3.99. The lowest BCUT2D eigenvalue weighted by Crippen LogP contribution is -2.31. The van der Waals surface area contributed by atoms with Gasteiger partial charge in [0.1, 0.15) is 17.6 Å². The SMILES string of the molecule is COc1ccccc1C(=O)N1CCC[C@H]1c1nc(-c2ccc(F)cc2)no1. The number of para-hydroxylation sites is 1. The number of hydrogen-bond acceptors (Lipinski definition) is 5. The third kappa shape index (κ3) is 3.28. The summed E-state index contributed by atoms with van der Waals surface area (Å²) in [5.74, 6) is 0.839. The smallest absolute Gasteiger partial charge is 0.258 e. The summed E-state index contributed by atoms with van der Waals surface area (Å²) in [7, 11) is 1.54. The number of likely N-dealkylation sites (tertiary alicyclic amines) is 1. The van der Waals surface area contributed by atoms with E-state index in [1.54, 1.807) is 42.3 Å². The molecule has 0 radical (unpaired) electrons. The van der Waals surface area contributed by atoms with Crippen molar-refractivity contribution >= 4 is 5.91 Å². The van der Waals surface area contributed by atoms with Crippen LogP contribution in [0.25, 0.3) is 11.4 Å². The zero-order chi connectivity index (χ0) is 18.8. The van der Waals surface area contributed by atoms with Crippen LogP contribution in [0.1, 0.15) is 35.1 Å². The molecule has 1 aromatic heterocycles. The Labute approximate surface area is 155 Å². The summed E-state index contributed by atoms with van der Waals surface area (Å²) in [5.41, 5.74) is 1.16. The fourth-order valence-corrected chi connectivity index (χ4v) is 3.33. The van der Waals surface area contributed by atoms with E-state index in [0.29, 0.717) is 35.1 Å². The largest absolute Gasteiger partial charge is 0.496 e. The molecular weight excluding hydrogens is 349 g/mol. The van der Waals surface area contributed by atoms with Crippen LogP contribution < -0.4 is 4.74 Å². The average molecular weight is 367 g/mol. The minimum atomic E-state index is -0.327. The maximum absolute atomic E-state index is 13.1. The highest BCUT2D eigenvalue weighted by Gasteiger charge is 2.35. The monoisotopic (exact) mass is 367 g/mol. The molecule has 3 aromatic rings. The first-order chi connectivity index (χ1) is 13.2. The van der Waals surface area contributed by atoms with Gasteiger partial charge in [0, 0.05) is 12.1 Å². The average Bonchev–Trinajstić information content (AvgIpc) is 3.37. The van der Waals surface area contributed by atoms with Gasteiger partial charge in [0.05, 0.1) is 12.7 Å². The predicted molar refractivity (Wildman–Crippen MR) is 95.7 cm³/mol. The first-order valence-corrected chi connectivity index (χ1v) is 8.71. The molecule has 2 heterocycles. The summed E-state index contributed by atoms with van der Waals surface area (Å²) in [6.45, 7) is 0.607. The van der Waals surface area contributed by atoms with Crippen molar-refractivity contribution in [2.45, 2.75) is 18.9 Å². The number of amides is 1. The van der Waals surface area contributed by atoms with Crippen molar-refractivity contribution in [3.05, 3.63) is 65.8 Å². The lowest BCUT2D eigenvalue weighted by molar-refractivity contribution is 0.0706. The number of halogens is 1. The summed E-state index contributed by atoms with van der Waals surface area (Å²) in [4.78, 5) is 19.2. The summed E-state index contributed by atoms with van der Waals surface area (Å²) in [6.07, 6.45) is 1.59. The Kier molecular flexibility index (Phi) is 4.58. The van der Waals surface area contributed by atoms with Crippen molar-refractivity contribution in [2.24, 2.45) is 0 Å². The van der Waals surface area contributed by atoms with E-state index in [4.69, 9.17) is 9.26 Å². The fraction of sp³-hybridized carbons (Fsp3) is 0.250. The standard InChI is InChI=1S/C20H18FN3O3/c1-26-17-7-3-2-5-15(17)20(25)24-12-4-6-16(24)19-22-18(23-27-19)13-8-10-14(21)11-9-13/h2-3,5,7-11,16H,4,6,12H2,1H3/t16-/m0/s1. The normalized spacial score (nSPS) is 16.5. The second kappa shape index (κ2) is 7.19. The second-order valence-electron chi connectivity index (χ2n) is 6.32. The van der Waals surface area contributed by atoms with E-state index in [2.05, 4.69) is 10.1 Å². The summed E-state index contributed by atoms with van der Waals surface area (Å²) in [6, 6.07) is 12.7. The number of aromatic nitrogens is 2. The Morgan fingerprint density at radius 3 is 2.78 bits per heavy atom. The van der Waals surface area contributed by atoms with Crippen molar-refractivity contribution in [2.75, 3.05) is 13.7 Å². The van der Waals surface area contributed by atoms with Crippen molar-refractivity contribution in [1.29, 1.82) is 0 Å². The molecule has 1 saturated heterocycles. The topological polar surface area (TPSA) is 68.5 Å². The van der Waals surface area contributed by atoms with Gasteiger partial charge in [0.15, 0.2) is 0 Å². The predicted octanol–water partition coefficient (Wildman–Crippen LogP) is 3.86. The first kappa shape index (κ1) is 17.2.